The van der Waals surface area contributed by atoms with Crippen LogP contribution < -0.4 is 11.1 Å². The molecule has 0 aliphatic carbocycles. The molecule has 3 rings (SSSR count). The number of likely N-dealkylation sites (tertiary alicyclic amines) is 1. The highest BCUT2D eigenvalue weighted by molar-refractivity contribution is 5.64. The fourth-order valence-corrected chi connectivity index (χ4v) is 2.75. The van der Waals surface area contributed by atoms with Crippen molar-refractivity contribution in [2.75, 3.05) is 37.7 Å². The van der Waals surface area contributed by atoms with Gasteiger partial charge in [-0.25, -0.2) is 9.97 Å². The minimum Gasteiger partial charge on any atom is -0.382 e. The van der Waals surface area contributed by atoms with E-state index in [-0.39, 0.29) is 0 Å². The molecule has 2 aromatic heterocycles. The number of imidazole rings is 1. The van der Waals surface area contributed by atoms with Crippen LogP contribution >= 0.6 is 0 Å². The number of aromatic nitrogens is 3. The van der Waals surface area contributed by atoms with Gasteiger partial charge in [-0.2, -0.15) is 0 Å². The van der Waals surface area contributed by atoms with E-state index in [4.69, 9.17) is 5.73 Å². The van der Waals surface area contributed by atoms with Crippen molar-refractivity contribution >= 4 is 17.3 Å². The number of anilines is 2. The molecular formula is C13H20N6. The lowest BCUT2D eigenvalue weighted by Crippen LogP contribution is -2.35. The monoisotopic (exact) mass is 260 g/mol. The lowest BCUT2D eigenvalue weighted by molar-refractivity contribution is 0.217. The summed E-state index contributed by atoms with van der Waals surface area (Å²) in [6.07, 6.45) is 7.96. The van der Waals surface area contributed by atoms with Crippen molar-refractivity contribution < 1.29 is 0 Å². The molecular weight excluding hydrogens is 240 g/mol. The van der Waals surface area contributed by atoms with Crippen molar-refractivity contribution in [2.24, 2.45) is 5.92 Å². The predicted octanol–water partition coefficient (Wildman–Crippen LogP) is 1.07. The lowest BCUT2D eigenvalue weighted by Gasteiger charge is -2.29. The summed E-state index contributed by atoms with van der Waals surface area (Å²) in [4.78, 5) is 11.0. The summed E-state index contributed by atoms with van der Waals surface area (Å²) in [7, 11) is 2.18. The van der Waals surface area contributed by atoms with E-state index in [2.05, 4.69) is 27.2 Å². The van der Waals surface area contributed by atoms with Crippen LogP contribution in [0.5, 0.6) is 0 Å². The molecule has 0 radical (unpaired) electrons. The first-order chi connectivity index (χ1) is 9.22. The van der Waals surface area contributed by atoms with E-state index < -0.39 is 0 Å². The normalized spacial score (nSPS) is 20.8. The minimum absolute atomic E-state index is 0.508. The third-order valence-corrected chi connectivity index (χ3v) is 3.67. The molecule has 1 atom stereocenters. The summed E-state index contributed by atoms with van der Waals surface area (Å²) in [6.45, 7) is 3.26. The summed E-state index contributed by atoms with van der Waals surface area (Å²) >= 11 is 0. The summed E-state index contributed by atoms with van der Waals surface area (Å²) in [6, 6.07) is 0. The average Bonchev–Trinajstić information content (AvgIpc) is 2.84. The van der Waals surface area contributed by atoms with E-state index in [1.165, 1.54) is 19.4 Å². The Labute approximate surface area is 112 Å². The van der Waals surface area contributed by atoms with Gasteiger partial charge in [0, 0.05) is 25.5 Å². The van der Waals surface area contributed by atoms with E-state index >= 15 is 0 Å². The van der Waals surface area contributed by atoms with E-state index in [1.54, 1.807) is 12.4 Å². The molecule has 0 amide bonds. The molecule has 1 fully saturated rings. The maximum Gasteiger partial charge on any atom is 0.180 e. The topological polar surface area (TPSA) is 71.5 Å². The molecule has 6 nitrogen and oxygen atoms in total. The second kappa shape index (κ2) is 5.05. The highest BCUT2D eigenvalue weighted by Crippen LogP contribution is 2.18. The second-order valence-electron chi connectivity index (χ2n) is 5.32. The van der Waals surface area contributed by atoms with Crippen LogP contribution in [0.2, 0.25) is 0 Å². The summed E-state index contributed by atoms with van der Waals surface area (Å²) in [5, 5.41) is 3.40. The number of piperidine rings is 1. The first-order valence-electron chi connectivity index (χ1n) is 6.74. The number of nitrogens with zero attached hydrogens (tertiary/aromatic N) is 4. The molecule has 3 N–H and O–H groups in total. The van der Waals surface area contributed by atoms with Gasteiger partial charge in [0.25, 0.3) is 0 Å². The Morgan fingerprint density at radius 1 is 1.53 bits per heavy atom. The summed E-state index contributed by atoms with van der Waals surface area (Å²) < 4.78 is 1.90. The zero-order valence-electron chi connectivity index (χ0n) is 11.2. The number of hydrogen-bond donors (Lipinski definition) is 2. The highest BCUT2D eigenvalue weighted by Gasteiger charge is 2.17. The Morgan fingerprint density at radius 3 is 3.26 bits per heavy atom. The molecule has 0 aromatic carbocycles. The molecule has 6 heteroatoms. The van der Waals surface area contributed by atoms with Gasteiger partial charge in [0.15, 0.2) is 11.5 Å². The fourth-order valence-electron chi connectivity index (χ4n) is 2.75. The quantitative estimate of drug-likeness (QED) is 0.863. The Hall–Kier alpha value is -1.82. The molecule has 1 aliphatic rings. The van der Waals surface area contributed by atoms with Gasteiger partial charge in [0.1, 0.15) is 5.82 Å². The molecule has 3 heterocycles. The number of rotatable bonds is 3. The van der Waals surface area contributed by atoms with Crippen molar-refractivity contribution in [3.63, 3.8) is 0 Å². The van der Waals surface area contributed by atoms with Crippen molar-refractivity contribution in [3.05, 3.63) is 18.6 Å². The third-order valence-electron chi connectivity index (χ3n) is 3.67. The van der Waals surface area contributed by atoms with E-state index in [0.29, 0.717) is 11.7 Å². The molecule has 0 bridgehead atoms. The molecule has 0 saturated carbocycles. The minimum atomic E-state index is 0.508. The first-order valence-corrected chi connectivity index (χ1v) is 6.74. The van der Waals surface area contributed by atoms with Gasteiger partial charge >= 0.3 is 0 Å². The van der Waals surface area contributed by atoms with Crippen LogP contribution in [0.3, 0.4) is 0 Å². The Kier molecular flexibility index (Phi) is 3.25. The van der Waals surface area contributed by atoms with Crippen molar-refractivity contribution in [2.45, 2.75) is 12.8 Å². The number of hydrogen-bond acceptors (Lipinski definition) is 5. The Bertz CT molecular complexity index is 563. The molecule has 1 saturated heterocycles. The Morgan fingerprint density at radius 2 is 2.42 bits per heavy atom. The molecule has 1 aliphatic heterocycles. The lowest BCUT2D eigenvalue weighted by atomic mass is 9.98. The third kappa shape index (κ3) is 2.63. The van der Waals surface area contributed by atoms with Crippen molar-refractivity contribution in [1.29, 1.82) is 0 Å². The van der Waals surface area contributed by atoms with E-state index in [0.717, 1.165) is 24.6 Å². The summed E-state index contributed by atoms with van der Waals surface area (Å²) in [5.74, 6) is 1.95. The zero-order valence-corrected chi connectivity index (χ0v) is 11.2. The maximum absolute atomic E-state index is 5.81. The molecule has 102 valence electrons. The van der Waals surface area contributed by atoms with Gasteiger partial charge < -0.3 is 20.4 Å². The van der Waals surface area contributed by atoms with Gasteiger partial charge in [-0.15, -0.1) is 0 Å². The maximum atomic E-state index is 5.81. The number of nitrogens with one attached hydrogen (secondary N) is 1. The van der Waals surface area contributed by atoms with Crippen LogP contribution in [-0.4, -0.2) is 46.0 Å². The first kappa shape index (κ1) is 12.2. The van der Waals surface area contributed by atoms with Gasteiger partial charge in [-0.05, 0) is 32.4 Å². The smallest absolute Gasteiger partial charge is 0.180 e. The molecule has 0 spiro atoms. The van der Waals surface area contributed by atoms with E-state index in [9.17, 15) is 0 Å². The van der Waals surface area contributed by atoms with Crippen LogP contribution in [0.15, 0.2) is 18.6 Å². The molecule has 19 heavy (non-hydrogen) atoms. The van der Waals surface area contributed by atoms with Gasteiger partial charge in [0.05, 0.1) is 6.20 Å². The van der Waals surface area contributed by atoms with Gasteiger partial charge in [0.2, 0.25) is 0 Å². The number of fused-ring (bicyclic) bond motifs is 1. The van der Waals surface area contributed by atoms with Crippen LogP contribution in [0.4, 0.5) is 11.6 Å². The van der Waals surface area contributed by atoms with Crippen molar-refractivity contribution in [3.8, 4) is 0 Å². The molecule has 1 unspecified atom stereocenters. The molecule has 2 aromatic rings. The fraction of sp³-hybridized carbons (Fsp3) is 0.538. The van der Waals surface area contributed by atoms with Crippen molar-refractivity contribution in [1.82, 2.24) is 19.3 Å². The highest BCUT2D eigenvalue weighted by atomic mass is 15.1. The number of nitrogens with two attached hydrogens (primary N) is 1. The standard InChI is InChI=1S/C13H20N6/c1-18-5-2-3-10(8-18)7-16-12-13-15-4-6-19(13)9-11(14)17-12/h4,6,9-10H,2-3,5,7-8,14H2,1H3,(H,16,17). The predicted molar refractivity (Wildman–Crippen MR) is 76.1 cm³/mol. The number of nitrogen functional groups attached to an aromatic ring is 1. The SMILES string of the molecule is CN1CCCC(CNc2nc(N)cn3ccnc23)C1. The van der Waals surface area contributed by atoms with E-state index in [1.807, 2.05) is 10.6 Å². The van der Waals surface area contributed by atoms with Crippen LogP contribution in [-0.2, 0) is 0 Å². The van der Waals surface area contributed by atoms with Gasteiger partial charge in [-0.1, -0.05) is 0 Å². The Balaban J connectivity index is 1.72. The van der Waals surface area contributed by atoms with Crippen LogP contribution in [0, 0.1) is 5.92 Å². The van der Waals surface area contributed by atoms with Gasteiger partial charge in [-0.3, -0.25) is 0 Å². The second-order valence-corrected chi connectivity index (χ2v) is 5.32. The summed E-state index contributed by atoms with van der Waals surface area (Å²) in [5.41, 5.74) is 6.64. The zero-order chi connectivity index (χ0) is 13.2. The van der Waals surface area contributed by atoms with Crippen LogP contribution in [0.1, 0.15) is 12.8 Å². The largest absolute Gasteiger partial charge is 0.382 e. The van der Waals surface area contributed by atoms with Crippen LogP contribution in [0.25, 0.3) is 5.65 Å². The average molecular weight is 260 g/mol.